The van der Waals surface area contributed by atoms with Crippen LogP contribution >= 0.6 is 0 Å². The third-order valence-electron chi connectivity index (χ3n) is 8.81. The van der Waals surface area contributed by atoms with Crippen LogP contribution < -0.4 is 21.7 Å². The maximum absolute atomic E-state index is 13.4. The lowest BCUT2D eigenvalue weighted by Gasteiger charge is -2.28. The number of nitrogens with zero attached hydrogens (tertiary/aromatic N) is 2. The third-order valence-corrected chi connectivity index (χ3v) is 8.81. The van der Waals surface area contributed by atoms with E-state index in [1.165, 1.54) is 30.4 Å². The van der Waals surface area contributed by atoms with Crippen LogP contribution in [0.1, 0.15) is 42.5 Å². The average Bonchev–Trinajstić information content (AvgIpc) is 3.68. The van der Waals surface area contributed by atoms with Gasteiger partial charge in [-0.15, -0.1) is 0 Å². The third kappa shape index (κ3) is 11.5. The SMILES string of the molecule is CN(C(=O)CCc1ccc(F)cc1)[C@@H](Cc1c[nH]cn1)C(=O)N[C@@H]([C]=O)CCCCNC(=O)[C@H](CO)NC(=O)[C@@H](N)Cc1cccc2ccccc12. The molecule has 4 rings (SSSR count). The highest BCUT2D eigenvalue weighted by molar-refractivity contribution is 5.91. The van der Waals surface area contributed by atoms with Gasteiger partial charge in [0.2, 0.25) is 29.9 Å². The van der Waals surface area contributed by atoms with Gasteiger partial charge in [-0.2, -0.15) is 0 Å². The molecule has 13 nitrogen and oxygen atoms in total. The van der Waals surface area contributed by atoms with Gasteiger partial charge in [0, 0.05) is 32.6 Å². The number of benzene rings is 3. The Labute approximate surface area is 301 Å². The molecule has 0 fully saturated rings. The highest BCUT2D eigenvalue weighted by atomic mass is 19.1. The molecule has 4 amide bonds. The van der Waals surface area contributed by atoms with E-state index in [1.807, 2.05) is 48.8 Å². The summed E-state index contributed by atoms with van der Waals surface area (Å²) in [5, 5.41) is 19.6. The molecule has 0 spiro atoms. The van der Waals surface area contributed by atoms with E-state index < -0.39 is 48.5 Å². The molecule has 0 unspecified atom stereocenters. The van der Waals surface area contributed by atoms with Gasteiger partial charge < -0.3 is 36.7 Å². The fraction of sp³-hybridized carbons (Fsp3) is 0.368. The first kappa shape index (κ1) is 39.3. The lowest BCUT2D eigenvalue weighted by Crippen LogP contribution is -2.53. The van der Waals surface area contributed by atoms with Gasteiger partial charge >= 0.3 is 0 Å². The molecule has 275 valence electrons. The number of rotatable bonds is 20. The van der Waals surface area contributed by atoms with Crippen molar-refractivity contribution in [3.8, 4) is 0 Å². The molecule has 1 radical (unpaired) electrons. The summed E-state index contributed by atoms with van der Waals surface area (Å²) in [6.45, 7) is -0.449. The number of likely N-dealkylation sites (N-methyl/N-ethyl adjacent to an activating group) is 1. The van der Waals surface area contributed by atoms with E-state index in [1.54, 1.807) is 18.3 Å². The maximum atomic E-state index is 13.4. The van der Waals surface area contributed by atoms with Crippen LogP contribution in [0.25, 0.3) is 10.8 Å². The number of aromatic nitrogens is 2. The Kier molecular flexibility index (Phi) is 15.0. The van der Waals surface area contributed by atoms with Gasteiger partial charge in [-0.05, 0) is 66.1 Å². The second-order valence-corrected chi connectivity index (χ2v) is 12.6. The first-order valence-electron chi connectivity index (χ1n) is 17.2. The van der Waals surface area contributed by atoms with Crippen molar-refractivity contribution in [1.29, 1.82) is 0 Å². The van der Waals surface area contributed by atoms with Gasteiger partial charge in [-0.3, -0.25) is 24.0 Å². The summed E-state index contributed by atoms with van der Waals surface area (Å²) in [7, 11) is 1.51. The molecule has 4 aromatic rings. The number of hydrogen-bond acceptors (Lipinski definition) is 8. The average molecular weight is 715 g/mol. The van der Waals surface area contributed by atoms with Gasteiger partial charge in [-0.25, -0.2) is 9.37 Å². The summed E-state index contributed by atoms with van der Waals surface area (Å²) in [4.78, 5) is 72.1. The molecule has 4 atom stereocenters. The number of halogens is 1. The van der Waals surface area contributed by atoms with Gasteiger partial charge in [0.15, 0.2) is 0 Å². The van der Waals surface area contributed by atoms with Crippen molar-refractivity contribution >= 4 is 40.7 Å². The number of unbranched alkanes of at least 4 members (excludes halogenated alkanes) is 1. The van der Waals surface area contributed by atoms with Crippen molar-refractivity contribution in [2.24, 2.45) is 5.73 Å². The maximum Gasteiger partial charge on any atom is 0.244 e. The number of H-pyrrole nitrogens is 1. The van der Waals surface area contributed by atoms with E-state index in [4.69, 9.17) is 5.73 Å². The number of hydrogen-bond donors (Lipinski definition) is 6. The van der Waals surface area contributed by atoms with Crippen LogP contribution in [0, 0.1) is 5.82 Å². The van der Waals surface area contributed by atoms with Crippen LogP contribution in [-0.2, 0) is 43.2 Å². The van der Waals surface area contributed by atoms with E-state index in [0.29, 0.717) is 25.0 Å². The summed E-state index contributed by atoms with van der Waals surface area (Å²) >= 11 is 0. The highest BCUT2D eigenvalue weighted by Crippen LogP contribution is 2.19. The molecule has 52 heavy (non-hydrogen) atoms. The Bertz CT molecular complexity index is 1780. The molecule has 0 aliphatic heterocycles. The van der Waals surface area contributed by atoms with Gasteiger partial charge in [0.25, 0.3) is 0 Å². The van der Waals surface area contributed by atoms with Crippen molar-refractivity contribution in [1.82, 2.24) is 30.8 Å². The van der Waals surface area contributed by atoms with Crippen LogP contribution in [-0.4, -0.2) is 94.3 Å². The Hall–Kier alpha value is -5.47. The number of nitrogens with two attached hydrogens (primary N) is 1. The standard InChI is InChI=1S/C38H45FN7O6/c1-46(35(49)17-14-25-12-15-28(39)16-13-25)34(20-30-21-41-24-43-30)38(52)44-29(22-47)10-4-5-18-42-37(51)33(23-48)45-36(50)32(40)19-27-9-6-8-26-7-2-3-11-31(26)27/h2-3,6-9,11-13,15-16,21,24,29,32-34,48H,4-5,10,14,17-20,23,40H2,1H3,(H,41,43)(H,42,51)(H,44,52)(H,45,50)/t29-,32+,33+,34+/m1/s1. The fourth-order valence-electron chi connectivity index (χ4n) is 5.77. The largest absolute Gasteiger partial charge is 0.394 e. The molecule has 0 saturated carbocycles. The van der Waals surface area contributed by atoms with E-state index in [2.05, 4.69) is 25.9 Å². The number of aliphatic hydroxyl groups excluding tert-OH is 1. The minimum Gasteiger partial charge on any atom is -0.394 e. The van der Waals surface area contributed by atoms with E-state index >= 15 is 0 Å². The molecular weight excluding hydrogens is 669 g/mol. The zero-order valence-corrected chi connectivity index (χ0v) is 29.0. The van der Waals surface area contributed by atoms with E-state index in [9.17, 15) is 33.5 Å². The van der Waals surface area contributed by atoms with Crippen LogP contribution in [0.3, 0.4) is 0 Å². The molecule has 0 aliphatic rings. The molecular formula is C38H45FN7O6. The lowest BCUT2D eigenvalue weighted by molar-refractivity contribution is -0.139. The first-order valence-corrected chi connectivity index (χ1v) is 17.2. The fourth-order valence-corrected chi connectivity index (χ4v) is 5.77. The molecule has 1 aromatic heterocycles. The van der Waals surface area contributed by atoms with E-state index in [-0.39, 0.29) is 44.0 Å². The molecule has 7 N–H and O–H groups in total. The number of carbonyl (C=O) groups is 4. The summed E-state index contributed by atoms with van der Waals surface area (Å²) in [5.74, 6) is -2.41. The normalized spacial score (nSPS) is 13.4. The molecule has 0 bridgehead atoms. The van der Waals surface area contributed by atoms with E-state index in [0.717, 1.165) is 21.9 Å². The van der Waals surface area contributed by atoms with Crippen LogP contribution in [0.15, 0.2) is 79.3 Å². The van der Waals surface area contributed by atoms with Crippen LogP contribution in [0.4, 0.5) is 4.39 Å². The zero-order chi connectivity index (χ0) is 37.5. The predicted octanol–water partition coefficient (Wildman–Crippen LogP) is 1.63. The Morgan fingerprint density at radius 1 is 0.962 bits per heavy atom. The van der Waals surface area contributed by atoms with Gasteiger partial charge in [0.1, 0.15) is 17.9 Å². The summed E-state index contributed by atoms with van der Waals surface area (Å²) in [6, 6.07) is 15.2. The van der Waals surface area contributed by atoms with Gasteiger partial charge in [0.05, 0.1) is 30.7 Å². The number of carbonyl (C=O) groups excluding carboxylic acids is 5. The Morgan fingerprint density at radius 2 is 1.71 bits per heavy atom. The monoisotopic (exact) mass is 714 g/mol. The molecule has 1 heterocycles. The van der Waals surface area contributed by atoms with Crippen molar-refractivity contribution in [3.63, 3.8) is 0 Å². The van der Waals surface area contributed by atoms with Crippen LogP contribution in [0.5, 0.6) is 0 Å². The van der Waals surface area contributed by atoms with Crippen molar-refractivity contribution in [2.45, 2.75) is 69.1 Å². The second-order valence-electron chi connectivity index (χ2n) is 12.6. The molecule has 14 heteroatoms. The number of aryl methyl sites for hydroxylation is 1. The minimum atomic E-state index is -1.21. The number of aliphatic hydroxyl groups is 1. The van der Waals surface area contributed by atoms with Gasteiger partial charge in [-0.1, -0.05) is 54.6 Å². The highest BCUT2D eigenvalue weighted by Gasteiger charge is 2.29. The zero-order valence-electron chi connectivity index (χ0n) is 29.0. The number of aromatic amines is 1. The number of fused-ring (bicyclic) bond motifs is 1. The lowest BCUT2D eigenvalue weighted by atomic mass is 9.98. The molecule has 0 saturated heterocycles. The molecule has 3 aromatic carbocycles. The number of imidazole rings is 1. The predicted molar refractivity (Wildman–Crippen MR) is 193 cm³/mol. The molecule has 0 aliphatic carbocycles. The quantitative estimate of drug-likeness (QED) is 0.0743. The number of amides is 4. The first-order chi connectivity index (χ1) is 25.1. The van der Waals surface area contributed by atoms with Crippen molar-refractivity contribution in [2.75, 3.05) is 20.2 Å². The van der Waals surface area contributed by atoms with Crippen molar-refractivity contribution in [3.05, 3.63) is 102 Å². The van der Waals surface area contributed by atoms with Crippen LogP contribution in [0.2, 0.25) is 0 Å². The summed E-state index contributed by atoms with van der Waals surface area (Å²) < 4.78 is 13.3. The Morgan fingerprint density at radius 3 is 2.42 bits per heavy atom. The summed E-state index contributed by atoms with van der Waals surface area (Å²) in [5.41, 5.74) is 8.37. The smallest absolute Gasteiger partial charge is 0.244 e. The summed E-state index contributed by atoms with van der Waals surface area (Å²) in [6.07, 6.45) is 6.74. The number of nitrogens with one attached hydrogen (secondary N) is 4. The Balaban J connectivity index is 1.22. The topological polar surface area (TPSA) is 200 Å². The second kappa shape index (κ2) is 19.8. The van der Waals surface area contributed by atoms with Crippen molar-refractivity contribution < 1.29 is 33.5 Å². The minimum absolute atomic E-state index is 0.0835.